The predicted octanol–water partition coefficient (Wildman–Crippen LogP) is -2.86. The van der Waals surface area contributed by atoms with Crippen LogP contribution in [0.4, 0.5) is 0 Å². The topological polar surface area (TPSA) is 544 Å². The van der Waals surface area contributed by atoms with E-state index in [1.165, 1.54) is 46.8 Å². The average molecular weight is 1470 g/mol. The van der Waals surface area contributed by atoms with E-state index in [9.17, 15) is 68.1 Å². The quantitative estimate of drug-likeness (QED) is 0.0155. The van der Waals surface area contributed by atoms with Crippen molar-refractivity contribution in [3.05, 3.63) is 80.7 Å². The molecule has 4 bridgehead atoms. The second-order valence-electron chi connectivity index (χ2n) is 27.6. The number of β-amino-alcohol motifs (C(OH)–C–C–N with tert-alkyl or cyclic N) is 1. The number of aliphatic carboxylic acids is 1. The van der Waals surface area contributed by atoms with Gasteiger partial charge in [-0.05, 0) is 142 Å². The van der Waals surface area contributed by atoms with Gasteiger partial charge >= 0.3 is 5.97 Å². The number of carboxylic acids is 1. The lowest BCUT2D eigenvalue weighted by atomic mass is 9.49. The summed E-state index contributed by atoms with van der Waals surface area (Å²) in [5.74, 6) is -7.73. The number of aliphatic hydroxyl groups excluding tert-OH is 2. The normalized spacial score (nSPS) is 22.1. The molecule has 10 unspecified atom stereocenters. The summed E-state index contributed by atoms with van der Waals surface area (Å²) in [6.45, 7) is -1.62. The third-order valence-electron chi connectivity index (χ3n) is 19.5. The van der Waals surface area contributed by atoms with E-state index in [1.807, 2.05) is 0 Å². The summed E-state index contributed by atoms with van der Waals surface area (Å²) in [6, 6.07) is 3.12. The van der Waals surface area contributed by atoms with E-state index in [2.05, 4.69) is 57.5 Å². The number of hydrogen-bond acceptors (Lipinski definition) is 18. The molecule has 3 aromatic rings. The molecule has 35 heteroatoms. The van der Waals surface area contributed by atoms with E-state index < -0.39 is 133 Å². The molecule has 4 aliphatic carbocycles. The Morgan fingerprint density at radius 1 is 0.534 bits per heavy atom. The number of thiophene rings is 2. The molecule has 0 radical (unpaired) electrons. The van der Waals surface area contributed by atoms with Gasteiger partial charge in [0, 0.05) is 74.6 Å². The van der Waals surface area contributed by atoms with Crippen molar-refractivity contribution >= 4 is 106 Å². The fourth-order valence-electron chi connectivity index (χ4n) is 15.2. The van der Waals surface area contributed by atoms with E-state index in [0.29, 0.717) is 45.9 Å². The van der Waals surface area contributed by atoms with Crippen molar-refractivity contribution in [2.75, 3.05) is 45.9 Å². The van der Waals surface area contributed by atoms with Gasteiger partial charge in [0.05, 0.1) is 19.3 Å². The van der Waals surface area contributed by atoms with Crippen molar-refractivity contribution in [1.29, 1.82) is 0 Å². The molecule has 6 fully saturated rings. The molecular weight excluding hydrogens is 1370 g/mol. The van der Waals surface area contributed by atoms with E-state index >= 15 is 0 Å². The molecule has 103 heavy (non-hydrogen) atoms. The standard InChI is InChI=1S/C68H99N19O14S2/c69-65(70)75-18-4-14-45(79-54(90)34-68-31-39-24-40(32-68)26-41(25-39)33-68)56(92)81-46(15-5-19-76-66(71)72)62(98)86-21-7-17-52(86)63(99)87-36-42(89)28-53(87)61(97)78-35-55(91)80-49(29-43-12-8-22-102-43)58(94)85-51(37-88)60(96)83-48(27-38-10-2-1-3-11-38)57(93)84-50(30-44-13-9-23-103-44)59(95)82-47(64(100)101)16-6-20-77-67(73)74/h1-3,8-13,22-23,39-42,45-53,88-89H,4-7,14-21,24-37H2,(H,78,97)(H,79,90)(H,80,91)(H,81,92)(H,82,95)(H,83,96)(H,84,93)(H,85,94)(H,100,101)(H4,69,70,75)(H4,71,72,76)(H4,73,74,77). The minimum Gasteiger partial charge on any atom is -0.480 e. The SMILES string of the molecule is NC(N)=NCCCC(NC(=O)C(Cc1cccs1)NC(=O)C(Cc1ccccc1)NC(=O)C(CO)NC(=O)C(Cc1cccs1)NC(=O)CNC(=O)C1CC(O)CN1C(=O)C1CCCN1C(=O)C(CCCN=C(N)N)NC(=O)C(CCCN=C(N)N)NC(=O)CC12CC3CC(CC(C3)C1)C2)C(=O)O. The molecule has 2 saturated heterocycles. The molecule has 2 aromatic heterocycles. The Kier molecular flexibility index (Phi) is 29.3. The molecule has 10 amide bonds. The molecule has 562 valence electrons. The van der Waals surface area contributed by atoms with Crippen LogP contribution in [-0.2, 0) is 72.0 Å². The summed E-state index contributed by atoms with van der Waals surface area (Å²) in [6.07, 6.45) is 6.30. The lowest BCUT2D eigenvalue weighted by Gasteiger charge is -2.56. The fourth-order valence-corrected chi connectivity index (χ4v) is 16.7. The molecule has 2 aliphatic heterocycles. The zero-order valence-corrected chi connectivity index (χ0v) is 59.2. The van der Waals surface area contributed by atoms with E-state index in [1.54, 1.807) is 65.4 Å². The highest BCUT2D eigenvalue weighted by Crippen LogP contribution is 2.61. The zero-order valence-electron chi connectivity index (χ0n) is 57.6. The second-order valence-corrected chi connectivity index (χ2v) is 29.6. The van der Waals surface area contributed by atoms with E-state index in [0.717, 1.165) is 24.2 Å². The predicted molar refractivity (Wildman–Crippen MR) is 383 cm³/mol. The van der Waals surface area contributed by atoms with Crippen LogP contribution in [0.3, 0.4) is 0 Å². The highest BCUT2D eigenvalue weighted by Gasteiger charge is 2.52. The first-order chi connectivity index (χ1) is 49.2. The van der Waals surface area contributed by atoms with Crippen LogP contribution < -0.4 is 76.9 Å². The highest BCUT2D eigenvalue weighted by molar-refractivity contribution is 7.10. The third-order valence-corrected chi connectivity index (χ3v) is 21.3. The second kappa shape index (κ2) is 38.2. The molecule has 6 aliphatic rings. The minimum absolute atomic E-state index is 0.0220. The van der Waals surface area contributed by atoms with Gasteiger partial charge in [-0.2, -0.15) is 0 Å². The van der Waals surface area contributed by atoms with Crippen molar-refractivity contribution < 1.29 is 68.1 Å². The maximum atomic E-state index is 14.9. The number of aliphatic imine (C=N–C) groups is 3. The van der Waals surface area contributed by atoms with Crippen molar-refractivity contribution in [1.82, 2.24) is 52.3 Å². The highest BCUT2D eigenvalue weighted by atomic mass is 32.1. The number of nitrogens with zero attached hydrogens (tertiary/aromatic N) is 5. The van der Waals surface area contributed by atoms with Gasteiger partial charge < -0.3 is 102 Å². The minimum atomic E-state index is -1.74. The Hall–Kier alpha value is -9.48. The van der Waals surface area contributed by atoms with Gasteiger partial charge in [0.1, 0.15) is 54.4 Å². The summed E-state index contributed by atoms with van der Waals surface area (Å²) in [7, 11) is 0. The number of likely N-dealkylation sites (tertiary alicyclic amines) is 2. The van der Waals surface area contributed by atoms with Crippen molar-refractivity contribution in [2.45, 2.75) is 182 Å². The largest absolute Gasteiger partial charge is 0.480 e. The number of rotatable bonds is 39. The smallest absolute Gasteiger partial charge is 0.326 e. The monoisotopic (exact) mass is 1470 g/mol. The number of guanidine groups is 3. The molecular formula is C68H99N19O14S2. The summed E-state index contributed by atoms with van der Waals surface area (Å²) in [5, 5.41) is 56.3. The number of carboxylic acid groups (broad SMARTS) is 1. The maximum absolute atomic E-state index is 14.9. The first kappa shape index (κ1) is 79.2. The van der Waals surface area contributed by atoms with Crippen molar-refractivity contribution in [3.63, 3.8) is 0 Å². The number of amides is 10. The summed E-state index contributed by atoms with van der Waals surface area (Å²) < 4.78 is 0. The van der Waals surface area contributed by atoms with Crippen LogP contribution in [0.1, 0.15) is 118 Å². The van der Waals surface area contributed by atoms with Gasteiger partial charge in [0.25, 0.3) is 0 Å². The van der Waals surface area contributed by atoms with Crippen LogP contribution in [0.25, 0.3) is 0 Å². The number of nitrogens with one attached hydrogen (secondary N) is 8. The van der Waals surface area contributed by atoms with Gasteiger partial charge in [0.15, 0.2) is 17.9 Å². The number of carbonyl (C=O) groups is 11. The molecule has 4 heterocycles. The van der Waals surface area contributed by atoms with Crippen LogP contribution in [0.15, 0.2) is 80.3 Å². The van der Waals surface area contributed by atoms with Crippen LogP contribution in [-0.4, -0.2) is 214 Å². The lowest BCUT2D eigenvalue weighted by Crippen LogP contribution is -2.60. The Labute approximate surface area is 604 Å². The van der Waals surface area contributed by atoms with Gasteiger partial charge in [-0.3, -0.25) is 62.9 Å². The number of hydrogen-bond donors (Lipinski definition) is 17. The van der Waals surface area contributed by atoms with Gasteiger partial charge in [0.2, 0.25) is 59.1 Å². The molecule has 10 atom stereocenters. The Morgan fingerprint density at radius 3 is 1.51 bits per heavy atom. The fraction of sp³-hybridized carbons (Fsp3) is 0.588. The zero-order chi connectivity index (χ0) is 74.3. The summed E-state index contributed by atoms with van der Waals surface area (Å²) in [5.41, 5.74) is 33.7. The molecule has 0 spiro atoms. The lowest BCUT2D eigenvalue weighted by molar-refractivity contribution is -0.148. The van der Waals surface area contributed by atoms with Crippen molar-refractivity contribution in [2.24, 2.45) is 72.5 Å². The van der Waals surface area contributed by atoms with E-state index in [-0.39, 0.29) is 133 Å². The number of carbonyl (C=O) groups excluding carboxylic acids is 10. The van der Waals surface area contributed by atoms with Crippen LogP contribution >= 0.6 is 22.7 Å². The number of nitrogens with two attached hydrogens (primary N) is 6. The average Bonchev–Trinajstić information content (AvgIpc) is 1.25. The van der Waals surface area contributed by atoms with Gasteiger partial charge in [-0.15, -0.1) is 22.7 Å². The Bertz CT molecular complexity index is 3480. The Balaban J connectivity index is 0.904. The molecule has 23 N–H and O–H groups in total. The molecule has 4 saturated carbocycles. The number of aliphatic hydroxyl groups is 2. The van der Waals surface area contributed by atoms with Gasteiger partial charge in [-0.1, -0.05) is 42.5 Å². The van der Waals surface area contributed by atoms with Gasteiger partial charge in [-0.25, -0.2) is 4.79 Å². The first-order valence-electron chi connectivity index (χ1n) is 35.0. The van der Waals surface area contributed by atoms with E-state index in [4.69, 9.17) is 34.4 Å². The summed E-state index contributed by atoms with van der Waals surface area (Å²) >= 11 is 2.53. The number of benzene rings is 1. The molecule has 9 rings (SSSR count). The van der Waals surface area contributed by atoms with Crippen LogP contribution in [0, 0.1) is 23.2 Å². The molecule has 33 nitrogen and oxygen atoms in total. The van der Waals surface area contributed by atoms with Crippen molar-refractivity contribution in [3.8, 4) is 0 Å². The third kappa shape index (κ3) is 23.8. The first-order valence-corrected chi connectivity index (χ1v) is 36.8. The van der Waals surface area contributed by atoms with Crippen LogP contribution in [0.5, 0.6) is 0 Å². The Morgan fingerprint density at radius 2 is 1.00 bits per heavy atom. The van der Waals surface area contributed by atoms with Crippen LogP contribution in [0.2, 0.25) is 0 Å². The summed E-state index contributed by atoms with van der Waals surface area (Å²) in [4.78, 5) is 171. The maximum Gasteiger partial charge on any atom is 0.326 e. The molecule has 1 aromatic carbocycles.